The van der Waals surface area contributed by atoms with E-state index in [1.54, 1.807) is 18.2 Å². The van der Waals surface area contributed by atoms with Crippen LogP contribution in [-0.4, -0.2) is 48.9 Å². The number of nitrogens with zero attached hydrogens (tertiary/aromatic N) is 1. The van der Waals surface area contributed by atoms with Crippen molar-refractivity contribution in [2.75, 3.05) is 26.2 Å². The Morgan fingerprint density at radius 2 is 1.74 bits per heavy atom. The fourth-order valence-electron chi connectivity index (χ4n) is 4.69. The zero-order valence-electron chi connectivity index (χ0n) is 17.9. The van der Waals surface area contributed by atoms with E-state index >= 15 is 0 Å². The van der Waals surface area contributed by atoms with Crippen LogP contribution in [0, 0.1) is 5.92 Å². The Morgan fingerprint density at radius 3 is 2.42 bits per heavy atom. The van der Waals surface area contributed by atoms with E-state index in [1.165, 1.54) is 24.8 Å². The predicted molar refractivity (Wildman–Crippen MR) is 122 cm³/mol. The Hall–Kier alpha value is -2.70. The van der Waals surface area contributed by atoms with Crippen LogP contribution in [-0.2, 0) is 6.42 Å². The molecule has 6 nitrogen and oxygen atoms in total. The van der Waals surface area contributed by atoms with Gasteiger partial charge in [0.25, 0.3) is 0 Å². The number of piperidine rings is 1. The summed E-state index contributed by atoms with van der Waals surface area (Å²) in [5.74, 6) is 0.435. The molecule has 5 N–H and O–H groups in total. The van der Waals surface area contributed by atoms with E-state index in [1.807, 2.05) is 0 Å². The maximum Gasteiger partial charge on any atom is 0.248 e. The van der Waals surface area contributed by atoms with Crippen molar-refractivity contribution in [3.05, 3.63) is 70.8 Å². The summed E-state index contributed by atoms with van der Waals surface area (Å²) in [6.45, 7) is 4.05. The van der Waals surface area contributed by atoms with Crippen molar-refractivity contribution in [3.63, 3.8) is 0 Å². The van der Waals surface area contributed by atoms with Gasteiger partial charge in [-0.1, -0.05) is 30.3 Å². The first-order chi connectivity index (χ1) is 15.0. The third-order valence-corrected chi connectivity index (χ3v) is 6.75. The van der Waals surface area contributed by atoms with Gasteiger partial charge in [0.05, 0.1) is 0 Å². The van der Waals surface area contributed by atoms with E-state index in [0.29, 0.717) is 35.4 Å². The number of rotatable bonds is 9. The van der Waals surface area contributed by atoms with E-state index in [2.05, 4.69) is 40.5 Å². The zero-order valence-corrected chi connectivity index (χ0v) is 17.9. The van der Waals surface area contributed by atoms with Gasteiger partial charge in [-0.25, -0.2) is 0 Å². The SMILES string of the molecule is NC(=O)c1ccc(C(N)=O)c(CCN2CCC(CNC3CC3c3ccccc3)CC2)c1. The van der Waals surface area contributed by atoms with Gasteiger partial charge >= 0.3 is 0 Å². The van der Waals surface area contributed by atoms with Crippen LogP contribution in [0.15, 0.2) is 48.5 Å². The molecular formula is C25H32N4O2. The van der Waals surface area contributed by atoms with Crippen molar-refractivity contribution < 1.29 is 9.59 Å². The number of hydrogen-bond donors (Lipinski definition) is 3. The number of benzene rings is 2. The summed E-state index contributed by atoms with van der Waals surface area (Å²) in [5.41, 5.74) is 14.0. The second-order valence-electron chi connectivity index (χ2n) is 8.90. The number of nitrogens with two attached hydrogens (primary N) is 2. The topological polar surface area (TPSA) is 101 Å². The minimum atomic E-state index is -0.490. The van der Waals surface area contributed by atoms with Crippen molar-refractivity contribution in [1.82, 2.24) is 10.2 Å². The van der Waals surface area contributed by atoms with Gasteiger partial charge in [-0.2, -0.15) is 0 Å². The standard InChI is InChI=1S/C25H32N4O2/c26-24(30)20-6-7-21(25(27)31)19(14-20)10-13-29-11-8-17(9-12-29)16-28-23-15-22(23)18-4-2-1-3-5-18/h1-7,14,17,22-23,28H,8-13,15-16H2,(H2,26,30)(H2,27,31). The molecule has 1 saturated heterocycles. The highest BCUT2D eigenvalue weighted by Crippen LogP contribution is 2.40. The fraction of sp³-hybridized carbons (Fsp3) is 0.440. The van der Waals surface area contributed by atoms with E-state index in [0.717, 1.165) is 31.7 Å². The van der Waals surface area contributed by atoms with Crippen molar-refractivity contribution >= 4 is 11.8 Å². The minimum Gasteiger partial charge on any atom is -0.366 e. The molecule has 2 aromatic carbocycles. The predicted octanol–water partition coefficient (Wildman–Crippen LogP) is 2.28. The smallest absolute Gasteiger partial charge is 0.248 e. The van der Waals surface area contributed by atoms with Crippen LogP contribution in [0.25, 0.3) is 0 Å². The molecule has 1 saturated carbocycles. The second-order valence-corrected chi connectivity index (χ2v) is 8.90. The van der Waals surface area contributed by atoms with Crippen LogP contribution in [0.3, 0.4) is 0 Å². The molecule has 1 heterocycles. The van der Waals surface area contributed by atoms with Crippen molar-refractivity contribution in [2.45, 2.75) is 37.6 Å². The molecule has 31 heavy (non-hydrogen) atoms. The maximum atomic E-state index is 11.7. The average molecular weight is 421 g/mol. The summed E-state index contributed by atoms with van der Waals surface area (Å²) in [5, 5.41) is 3.77. The number of carbonyl (C=O) groups excluding carboxylic acids is 2. The molecule has 2 fully saturated rings. The number of nitrogens with one attached hydrogen (secondary N) is 1. The van der Waals surface area contributed by atoms with E-state index < -0.39 is 11.8 Å². The lowest BCUT2D eigenvalue weighted by atomic mass is 9.95. The lowest BCUT2D eigenvalue weighted by molar-refractivity contribution is 0.0987. The van der Waals surface area contributed by atoms with E-state index in [4.69, 9.17) is 11.5 Å². The molecule has 2 aromatic rings. The molecule has 2 unspecified atom stereocenters. The van der Waals surface area contributed by atoms with Gasteiger partial charge in [-0.05, 0) is 80.6 Å². The fourth-order valence-corrected chi connectivity index (χ4v) is 4.69. The molecule has 1 aliphatic carbocycles. The summed E-state index contributed by atoms with van der Waals surface area (Å²) >= 11 is 0. The maximum absolute atomic E-state index is 11.7. The van der Waals surface area contributed by atoms with Gasteiger partial charge < -0.3 is 21.7 Å². The normalized spacial score (nSPS) is 21.7. The van der Waals surface area contributed by atoms with Crippen LogP contribution in [0.4, 0.5) is 0 Å². The summed E-state index contributed by atoms with van der Waals surface area (Å²) < 4.78 is 0. The van der Waals surface area contributed by atoms with Gasteiger partial charge in [0.1, 0.15) is 0 Å². The molecule has 0 bridgehead atoms. The Morgan fingerprint density at radius 1 is 1.00 bits per heavy atom. The number of primary amides is 2. The highest BCUT2D eigenvalue weighted by atomic mass is 16.1. The van der Waals surface area contributed by atoms with E-state index in [-0.39, 0.29) is 0 Å². The van der Waals surface area contributed by atoms with Gasteiger partial charge in [0.15, 0.2) is 0 Å². The first kappa shape index (κ1) is 21.5. The quantitative estimate of drug-likeness (QED) is 0.579. The van der Waals surface area contributed by atoms with Crippen LogP contribution in [0.5, 0.6) is 0 Å². The summed E-state index contributed by atoms with van der Waals surface area (Å²) in [6.07, 6.45) is 4.29. The lowest BCUT2D eigenvalue weighted by Gasteiger charge is -2.32. The number of amides is 2. The average Bonchev–Trinajstić information content (AvgIpc) is 3.57. The molecule has 2 aliphatic rings. The first-order valence-electron chi connectivity index (χ1n) is 11.2. The molecule has 1 aliphatic heterocycles. The van der Waals surface area contributed by atoms with Crippen LogP contribution >= 0.6 is 0 Å². The summed E-state index contributed by atoms with van der Waals surface area (Å²) in [6, 6.07) is 16.3. The van der Waals surface area contributed by atoms with Gasteiger partial charge in [0, 0.05) is 29.6 Å². The molecule has 4 rings (SSSR count). The molecule has 6 heteroatoms. The van der Waals surface area contributed by atoms with Crippen LogP contribution in [0.2, 0.25) is 0 Å². The Labute approximate surface area is 184 Å². The Balaban J connectivity index is 1.21. The molecule has 164 valence electrons. The largest absolute Gasteiger partial charge is 0.366 e. The number of hydrogen-bond acceptors (Lipinski definition) is 4. The number of carbonyl (C=O) groups is 2. The minimum absolute atomic E-state index is 0.415. The number of likely N-dealkylation sites (tertiary alicyclic amines) is 1. The third kappa shape index (κ3) is 5.51. The lowest BCUT2D eigenvalue weighted by Crippen LogP contribution is -2.38. The van der Waals surface area contributed by atoms with Crippen LogP contribution in [0.1, 0.15) is 57.0 Å². The monoisotopic (exact) mass is 420 g/mol. The highest BCUT2D eigenvalue weighted by molar-refractivity contribution is 5.97. The van der Waals surface area contributed by atoms with Gasteiger partial charge in [-0.15, -0.1) is 0 Å². The van der Waals surface area contributed by atoms with Crippen LogP contribution < -0.4 is 16.8 Å². The zero-order chi connectivity index (χ0) is 21.8. The summed E-state index contributed by atoms with van der Waals surface area (Å²) in [4.78, 5) is 25.6. The Bertz CT molecular complexity index is 922. The van der Waals surface area contributed by atoms with Gasteiger partial charge in [0.2, 0.25) is 11.8 Å². The molecule has 0 spiro atoms. The first-order valence-corrected chi connectivity index (χ1v) is 11.2. The third-order valence-electron chi connectivity index (χ3n) is 6.75. The summed E-state index contributed by atoms with van der Waals surface area (Å²) in [7, 11) is 0. The van der Waals surface area contributed by atoms with Gasteiger partial charge in [-0.3, -0.25) is 9.59 Å². The molecular weight excluding hydrogens is 388 g/mol. The molecule has 2 amide bonds. The van der Waals surface area contributed by atoms with Crippen molar-refractivity contribution in [1.29, 1.82) is 0 Å². The molecule has 0 radical (unpaired) electrons. The second kappa shape index (κ2) is 9.62. The molecule has 2 atom stereocenters. The molecule has 0 aromatic heterocycles. The van der Waals surface area contributed by atoms with Crippen molar-refractivity contribution in [3.8, 4) is 0 Å². The van der Waals surface area contributed by atoms with Crippen molar-refractivity contribution in [2.24, 2.45) is 17.4 Å². The Kier molecular flexibility index (Phi) is 6.68. The highest BCUT2D eigenvalue weighted by Gasteiger charge is 2.38. The van der Waals surface area contributed by atoms with E-state index in [9.17, 15) is 9.59 Å².